The summed E-state index contributed by atoms with van der Waals surface area (Å²) in [5, 5.41) is 19.9. The average Bonchev–Trinajstić information content (AvgIpc) is 2.94. The van der Waals surface area contributed by atoms with Crippen molar-refractivity contribution in [1.82, 2.24) is 0 Å². The van der Waals surface area contributed by atoms with E-state index in [0.29, 0.717) is 0 Å². The molecule has 2 N–H and O–H groups in total. The van der Waals surface area contributed by atoms with Crippen LogP contribution in [0.15, 0.2) is 58.3 Å². The van der Waals surface area contributed by atoms with Gasteiger partial charge in [-0.25, -0.2) is 0 Å². The Morgan fingerprint density at radius 3 is 1.80 bits per heavy atom. The van der Waals surface area contributed by atoms with Crippen molar-refractivity contribution in [3.05, 3.63) is 59.7 Å². The summed E-state index contributed by atoms with van der Waals surface area (Å²) in [5.74, 6) is 0. The molecular formula is C19H22O9S2. The lowest BCUT2D eigenvalue weighted by atomic mass is 10.1. The predicted molar refractivity (Wildman–Crippen MR) is 104 cm³/mol. The standard InChI is InChI=1S/C19H22O9S2/c1-12-3-7-14(8-4-12)29(22,23)26-11-16-18(17(20)19(21)27-16)28-30(24,25)15-9-5-13(2)6-10-15/h3-10,16-21H,11H2,1-2H3. The molecule has 0 saturated carbocycles. The molecule has 0 spiro atoms. The second-order valence-electron chi connectivity index (χ2n) is 6.94. The van der Waals surface area contributed by atoms with Crippen molar-refractivity contribution in [3.63, 3.8) is 0 Å². The van der Waals surface area contributed by atoms with Crippen LogP contribution in [0.3, 0.4) is 0 Å². The molecule has 1 fully saturated rings. The minimum atomic E-state index is -4.32. The normalized spacial score (nSPS) is 24.8. The highest BCUT2D eigenvalue weighted by Gasteiger charge is 2.47. The Kier molecular flexibility index (Phi) is 6.63. The molecule has 0 bridgehead atoms. The van der Waals surface area contributed by atoms with Crippen LogP contribution in [0.25, 0.3) is 0 Å². The van der Waals surface area contributed by atoms with Gasteiger partial charge in [0.15, 0.2) is 6.29 Å². The van der Waals surface area contributed by atoms with Crippen LogP contribution in [0.4, 0.5) is 0 Å². The fraction of sp³-hybridized carbons (Fsp3) is 0.368. The Labute approximate surface area is 175 Å². The summed E-state index contributed by atoms with van der Waals surface area (Å²) in [4.78, 5) is -0.259. The van der Waals surface area contributed by atoms with Crippen molar-refractivity contribution in [3.8, 4) is 0 Å². The largest absolute Gasteiger partial charge is 0.385 e. The third-order valence-electron chi connectivity index (χ3n) is 4.55. The quantitative estimate of drug-likeness (QED) is 0.579. The zero-order valence-electron chi connectivity index (χ0n) is 16.2. The lowest BCUT2D eigenvalue weighted by molar-refractivity contribution is -0.131. The van der Waals surface area contributed by atoms with Crippen LogP contribution in [0.5, 0.6) is 0 Å². The molecule has 11 heteroatoms. The number of benzene rings is 2. The molecule has 0 aromatic heterocycles. The Morgan fingerprint density at radius 1 is 0.833 bits per heavy atom. The Bertz CT molecular complexity index is 1080. The first-order chi connectivity index (χ1) is 14.0. The zero-order valence-corrected chi connectivity index (χ0v) is 17.8. The van der Waals surface area contributed by atoms with Gasteiger partial charge in [-0.1, -0.05) is 35.4 Å². The van der Waals surface area contributed by atoms with E-state index >= 15 is 0 Å². The monoisotopic (exact) mass is 458 g/mol. The maximum Gasteiger partial charge on any atom is 0.297 e. The highest BCUT2D eigenvalue weighted by atomic mass is 32.2. The molecule has 1 aliphatic heterocycles. The van der Waals surface area contributed by atoms with Crippen molar-refractivity contribution in [2.24, 2.45) is 0 Å². The van der Waals surface area contributed by atoms with Crippen LogP contribution in [0.2, 0.25) is 0 Å². The Balaban J connectivity index is 1.75. The van der Waals surface area contributed by atoms with Gasteiger partial charge in [0.05, 0.1) is 16.4 Å². The smallest absolute Gasteiger partial charge is 0.297 e. The maximum absolute atomic E-state index is 12.5. The first-order valence-corrected chi connectivity index (χ1v) is 11.8. The van der Waals surface area contributed by atoms with Gasteiger partial charge in [-0.3, -0.25) is 8.37 Å². The van der Waals surface area contributed by atoms with E-state index in [0.717, 1.165) is 11.1 Å². The number of aliphatic hydroxyl groups is 2. The zero-order chi connectivity index (χ0) is 22.1. The number of aryl methyl sites for hydroxylation is 2. The average molecular weight is 459 g/mol. The molecule has 9 nitrogen and oxygen atoms in total. The van der Waals surface area contributed by atoms with Gasteiger partial charge in [0.1, 0.15) is 18.3 Å². The molecule has 4 atom stereocenters. The van der Waals surface area contributed by atoms with Gasteiger partial charge in [-0.15, -0.1) is 0 Å². The van der Waals surface area contributed by atoms with Gasteiger partial charge in [0.25, 0.3) is 20.2 Å². The Morgan fingerprint density at radius 2 is 1.30 bits per heavy atom. The fourth-order valence-electron chi connectivity index (χ4n) is 2.81. The fourth-order valence-corrected chi connectivity index (χ4v) is 4.84. The van der Waals surface area contributed by atoms with Gasteiger partial charge >= 0.3 is 0 Å². The molecule has 30 heavy (non-hydrogen) atoms. The third-order valence-corrected chi connectivity index (χ3v) is 7.17. The summed E-state index contributed by atoms with van der Waals surface area (Å²) in [6, 6.07) is 11.7. The number of rotatable bonds is 7. The highest BCUT2D eigenvalue weighted by molar-refractivity contribution is 7.87. The molecule has 1 heterocycles. The molecule has 4 unspecified atom stereocenters. The van der Waals surface area contributed by atoms with Crippen molar-refractivity contribution < 1.29 is 40.2 Å². The van der Waals surface area contributed by atoms with E-state index in [1.54, 1.807) is 38.1 Å². The molecule has 0 aliphatic carbocycles. The third kappa shape index (κ3) is 5.06. The van der Waals surface area contributed by atoms with E-state index in [4.69, 9.17) is 13.1 Å². The van der Waals surface area contributed by atoms with Crippen molar-refractivity contribution in [1.29, 1.82) is 0 Å². The summed E-state index contributed by atoms with van der Waals surface area (Å²) in [6.45, 7) is 2.91. The molecule has 0 radical (unpaired) electrons. The number of hydrogen-bond donors (Lipinski definition) is 2. The van der Waals surface area contributed by atoms with Crippen molar-refractivity contribution >= 4 is 20.2 Å². The van der Waals surface area contributed by atoms with Crippen molar-refractivity contribution in [2.75, 3.05) is 6.61 Å². The SMILES string of the molecule is Cc1ccc(S(=O)(=O)OCC2OC(O)C(O)C2OS(=O)(=O)c2ccc(C)cc2)cc1. The van der Waals surface area contributed by atoms with Gasteiger partial charge in [-0.05, 0) is 38.1 Å². The van der Waals surface area contributed by atoms with E-state index in [1.165, 1.54) is 24.3 Å². The second-order valence-corrected chi connectivity index (χ2v) is 10.1. The molecule has 2 aromatic carbocycles. The van der Waals surface area contributed by atoms with E-state index in [1.807, 2.05) is 0 Å². The maximum atomic E-state index is 12.5. The van der Waals surface area contributed by atoms with Gasteiger partial charge in [-0.2, -0.15) is 16.8 Å². The minimum absolute atomic E-state index is 0.100. The van der Waals surface area contributed by atoms with Crippen LogP contribution >= 0.6 is 0 Å². The number of ether oxygens (including phenoxy) is 1. The molecule has 164 valence electrons. The molecule has 1 aliphatic rings. The summed E-state index contributed by atoms with van der Waals surface area (Å²) >= 11 is 0. The van der Waals surface area contributed by atoms with Gasteiger partial charge < -0.3 is 14.9 Å². The van der Waals surface area contributed by atoms with Crippen LogP contribution in [-0.2, 0) is 33.3 Å². The van der Waals surface area contributed by atoms with Gasteiger partial charge in [0, 0.05) is 0 Å². The topological polar surface area (TPSA) is 136 Å². The molecule has 1 saturated heterocycles. The summed E-state index contributed by atoms with van der Waals surface area (Å²) < 4.78 is 64.8. The van der Waals surface area contributed by atoms with Crippen LogP contribution < -0.4 is 0 Å². The lowest BCUT2D eigenvalue weighted by Crippen LogP contribution is -2.39. The first kappa shape index (κ1) is 22.8. The van der Waals surface area contributed by atoms with Crippen LogP contribution in [0, 0.1) is 13.8 Å². The molecule has 2 aromatic rings. The Hall–Kier alpha value is -1.86. The highest BCUT2D eigenvalue weighted by Crippen LogP contribution is 2.28. The number of hydrogen-bond acceptors (Lipinski definition) is 9. The predicted octanol–water partition coefficient (Wildman–Crippen LogP) is 0.861. The minimum Gasteiger partial charge on any atom is -0.385 e. The molecule has 3 rings (SSSR count). The van der Waals surface area contributed by atoms with E-state index in [2.05, 4.69) is 0 Å². The van der Waals surface area contributed by atoms with Crippen LogP contribution in [-0.4, -0.2) is 58.3 Å². The van der Waals surface area contributed by atoms with E-state index in [9.17, 15) is 27.0 Å². The molecule has 0 amide bonds. The summed E-state index contributed by atoms with van der Waals surface area (Å²) in [5.41, 5.74) is 1.69. The summed E-state index contributed by atoms with van der Waals surface area (Å²) in [7, 11) is -8.49. The van der Waals surface area contributed by atoms with Crippen molar-refractivity contribution in [2.45, 2.75) is 48.2 Å². The summed E-state index contributed by atoms with van der Waals surface area (Å²) in [6.07, 6.45) is -6.41. The number of aliphatic hydroxyl groups excluding tert-OH is 2. The van der Waals surface area contributed by atoms with Gasteiger partial charge in [0.2, 0.25) is 0 Å². The lowest BCUT2D eigenvalue weighted by Gasteiger charge is -2.20. The van der Waals surface area contributed by atoms with Crippen LogP contribution in [0.1, 0.15) is 11.1 Å². The first-order valence-electron chi connectivity index (χ1n) is 8.97. The van der Waals surface area contributed by atoms with E-state index in [-0.39, 0.29) is 9.79 Å². The van der Waals surface area contributed by atoms with E-state index < -0.39 is 51.4 Å². The molecular weight excluding hydrogens is 436 g/mol. The second kappa shape index (κ2) is 8.71.